The second-order valence-corrected chi connectivity index (χ2v) is 12.1. The van der Waals surface area contributed by atoms with Crippen LogP contribution in [-0.2, 0) is 15.0 Å². The number of unbranched alkanes of at least 4 members (excludes halogenated alkanes) is 8. The third kappa shape index (κ3) is 7.61. The molecule has 0 fully saturated rings. The molecule has 2 aromatic carbocycles. The molecule has 1 aliphatic carbocycles. The molecule has 4 heteroatoms. The van der Waals surface area contributed by atoms with Crippen LogP contribution in [0.2, 0.25) is 0 Å². The lowest BCUT2D eigenvalue weighted by atomic mass is 9.70. The van der Waals surface area contributed by atoms with E-state index in [0.29, 0.717) is 25.0 Å². The van der Waals surface area contributed by atoms with Gasteiger partial charge in [-0.05, 0) is 72.7 Å². The predicted octanol–water partition coefficient (Wildman–Crippen LogP) is 10.1. The summed E-state index contributed by atoms with van der Waals surface area (Å²) in [6.07, 6.45) is 14.3. The molecule has 190 valence electrons. The molecule has 3 rings (SSSR count). The molecule has 0 spiro atoms. The number of benzene rings is 2. The van der Waals surface area contributed by atoms with Gasteiger partial charge in [0.2, 0.25) is 0 Å². The van der Waals surface area contributed by atoms with Crippen molar-refractivity contribution in [1.82, 2.24) is 0 Å². The normalized spacial score (nSPS) is 13.5. The highest BCUT2D eigenvalue weighted by Crippen LogP contribution is 2.54. The first-order valence-corrected chi connectivity index (χ1v) is 15.1. The Balaban J connectivity index is 1.72. The topological polar surface area (TPSA) is 34.1 Å². The molecular weight excluding hydrogens is 564 g/mol. The van der Waals surface area contributed by atoms with Crippen molar-refractivity contribution in [3.8, 4) is 11.1 Å². The fraction of sp³-hybridized carbons (Fsp3) is 0.548. The molecule has 0 saturated carbocycles. The summed E-state index contributed by atoms with van der Waals surface area (Å²) in [7, 11) is 0. The monoisotopic (exact) mass is 602 g/mol. The van der Waals surface area contributed by atoms with Crippen LogP contribution in [0.25, 0.3) is 11.1 Å². The van der Waals surface area contributed by atoms with Crippen molar-refractivity contribution in [3.05, 3.63) is 56.5 Å². The van der Waals surface area contributed by atoms with Gasteiger partial charge in [-0.25, -0.2) is 0 Å². The Hall–Kier alpha value is -1.26. The summed E-state index contributed by atoms with van der Waals surface area (Å²) in [5.74, 6) is 0.671. The Morgan fingerprint density at radius 3 is 1.77 bits per heavy atom. The minimum Gasteiger partial charge on any atom is -0.300 e. The zero-order valence-electron chi connectivity index (χ0n) is 21.4. The third-order valence-electron chi connectivity index (χ3n) is 7.48. The molecule has 0 radical (unpaired) electrons. The van der Waals surface area contributed by atoms with Crippen LogP contribution in [-0.4, -0.2) is 11.6 Å². The molecule has 0 N–H and O–H groups in total. The van der Waals surface area contributed by atoms with E-state index in [1.54, 1.807) is 6.92 Å². The highest BCUT2D eigenvalue weighted by molar-refractivity contribution is 9.10. The summed E-state index contributed by atoms with van der Waals surface area (Å²) in [6.45, 7) is 3.91. The Bertz CT molecular complexity index is 960. The van der Waals surface area contributed by atoms with Crippen LogP contribution in [0.3, 0.4) is 0 Å². The standard InChI is InChI=1S/C31H40Br2O2/c1-3-4-5-12-19-31(22-26(35)14-11-9-7-6-8-10-13-23(2)34)29-20-24(32)15-17-27(29)28-18-16-25(33)21-30(28)31/h15-18,20-21H,3-14,19,22H2,1-2H3. The van der Waals surface area contributed by atoms with E-state index < -0.39 is 0 Å². The molecule has 0 saturated heterocycles. The number of halogens is 2. The Morgan fingerprint density at radius 1 is 0.714 bits per heavy atom. The van der Waals surface area contributed by atoms with Crippen LogP contribution in [0.5, 0.6) is 0 Å². The van der Waals surface area contributed by atoms with Gasteiger partial charge in [0.25, 0.3) is 0 Å². The Kier molecular flexibility index (Phi) is 11.2. The number of fused-ring (bicyclic) bond motifs is 3. The van der Waals surface area contributed by atoms with Gasteiger partial charge in [-0.2, -0.15) is 0 Å². The fourth-order valence-electron chi connectivity index (χ4n) is 5.67. The maximum Gasteiger partial charge on any atom is 0.134 e. The van der Waals surface area contributed by atoms with E-state index in [1.807, 2.05) is 0 Å². The molecular formula is C31H40Br2O2. The van der Waals surface area contributed by atoms with Gasteiger partial charge < -0.3 is 4.79 Å². The molecule has 2 nitrogen and oxygen atoms in total. The molecule has 0 bridgehead atoms. The van der Waals surface area contributed by atoms with Crippen LogP contribution in [0.4, 0.5) is 0 Å². The van der Waals surface area contributed by atoms with Gasteiger partial charge >= 0.3 is 0 Å². The SMILES string of the molecule is CCCCCCC1(CC(=O)CCCCCCCCC(C)=O)c2cc(Br)ccc2-c2ccc(Br)cc21. The lowest BCUT2D eigenvalue weighted by Crippen LogP contribution is -2.29. The van der Waals surface area contributed by atoms with Gasteiger partial charge in [-0.3, -0.25) is 4.79 Å². The van der Waals surface area contributed by atoms with Gasteiger partial charge in [-0.1, -0.05) is 102 Å². The smallest absolute Gasteiger partial charge is 0.134 e. The van der Waals surface area contributed by atoms with E-state index in [9.17, 15) is 9.59 Å². The first kappa shape index (κ1) is 28.3. The van der Waals surface area contributed by atoms with Gasteiger partial charge in [0.15, 0.2) is 0 Å². The number of ketones is 2. The van der Waals surface area contributed by atoms with E-state index >= 15 is 0 Å². The van der Waals surface area contributed by atoms with Crippen LogP contribution in [0.15, 0.2) is 45.3 Å². The summed E-state index contributed by atoms with van der Waals surface area (Å²) < 4.78 is 2.16. The van der Waals surface area contributed by atoms with E-state index in [-0.39, 0.29) is 11.2 Å². The number of rotatable bonds is 16. The summed E-state index contributed by atoms with van der Waals surface area (Å²) in [5.41, 5.74) is 4.95. The highest BCUT2D eigenvalue weighted by Gasteiger charge is 2.44. The van der Waals surface area contributed by atoms with Crippen LogP contribution in [0.1, 0.15) is 115 Å². The average molecular weight is 604 g/mol. The lowest BCUT2D eigenvalue weighted by molar-refractivity contribution is -0.120. The van der Waals surface area contributed by atoms with Gasteiger partial charge in [0, 0.05) is 33.6 Å². The zero-order chi connectivity index (χ0) is 25.3. The maximum atomic E-state index is 13.4. The molecule has 0 aliphatic heterocycles. The van der Waals surface area contributed by atoms with E-state index in [1.165, 1.54) is 41.5 Å². The van der Waals surface area contributed by atoms with Crippen molar-refractivity contribution in [2.45, 2.75) is 109 Å². The second kappa shape index (κ2) is 13.9. The first-order valence-electron chi connectivity index (χ1n) is 13.5. The number of carbonyl (C=O) groups excluding carboxylic acids is 2. The molecule has 0 atom stereocenters. The quantitative estimate of drug-likeness (QED) is 0.179. The van der Waals surface area contributed by atoms with Crippen LogP contribution >= 0.6 is 31.9 Å². The molecule has 0 aromatic heterocycles. The Labute approximate surface area is 228 Å². The minimum absolute atomic E-state index is 0.240. The van der Waals surface area contributed by atoms with E-state index in [4.69, 9.17) is 0 Å². The maximum absolute atomic E-state index is 13.4. The van der Waals surface area contributed by atoms with Gasteiger partial charge in [0.05, 0.1) is 0 Å². The number of hydrogen-bond donors (Lipinski definition) is 0. The van der Waals surface area contributed by atoms with Gasteiger partial charge in [-0.15, -0.1) is 0 Å². The molecule has 0 unspecified atom stereocenters. The summed E-state index contributed by atoms with van der Waals surface area (Å²) >= 11 is 7.41. The van der Waals surface area contributed by atoms with Crippen LogP contribution < -0.4 is 0 Å². The average Bonchev–Trinajstić information content (AvgIpc) is 3.06. The minimum atomic E-state index is -0.240. The molecule has 0 heterocycles. The highest BCUT2D eigenvalue weighted by atomic mass is 79.9. The summed E-state index contributed by atoms with van der Waals surface area (Å²) in [4.78, 5) is 24.5. The second-order valence-electron chi connectivity index (χ2n) is 10.3. The molecule has 1 aliphatic rings. The summed E-state index contributed by atoms with van der Waals surface area (Å²) in [6, 6.07) is 13.2. The first-order chi connectivity index (χ1) is 16.9. The fourth-order valence-corrected chi connectivity index (χ4v) is 6.39. The van der Waals surface area contributed by atoms with Gasteiger partial charge in [0.1, 0.15) is 11.6 Å². The van der Waals surface area contributed by atoms with Crippen molar-refractivity contribution in [1.29, 1.82) is 0 Å². The van der Waals surface area contributed by atoms with Crippen molar-refractivity contribution in [3.63, 3.8) is 0 Å². The lowest BCUT2D eigenvalue weighted by Gasteiger charge is -2.32. The van der Waals surface area contributed by atoms with Crippen molar-refractivity contribution in [2.24, 2.45) is 0 Å². The van der Waals surface area contributed by atoms with E-state index in [2.05, 4.69) is 75.2 Å². The van der Waals surface area contributed by atoms with Crippen molar-refractivity contribution >= 4 is 43.4 Å². The zero-order valence-corrected chi connectivity index (χ0v) is 24.6. The van der Waals surface area contributed by atoms with Crippen molar-refractivity contribution < 1.29 is 9.59 Å². The number of carbonyl (C=O) groups is 2. The predicted molar refractivity (Wildman–Crippen MR) is 154 cm³/mol. The summed E-state index contributed by atoms with van der Waals surface area (Å²) in [5, 5.41) is 0. The van der Waals surface area contributed by atoms with E-state index in [0.717, 1.165) is 60.3 Å². The molecule has 35 heavy (non-hydrogen) atoms. The third-order valence-corrected chi connectivity index (χ3v) is 8.46. The van der Waals surface area contributed by atoms with Crippen molar-refractivity contribution in [2.75, 3.05) is 0 Å². The number of hydrogen-bond acceptors (Lipinski definition) is 2. The molecule has 2 aromatic rings. The largest absolute Gasteiger partial charge is 0.300 e. The number of Topliss-reactive ketones (excluding diaryl/α,β-unsaturated/α-hetero) is 2. The van der Waals surface area contributed by atoms with Crippen LogP contribution in [0, 0.1) is 0 Å². The Morgan fingerprint density at radius 2 is 1.23 bits per heavy atom. The molecule has 0 amide bonds.